The molecule has 2 aliphatic rings. The number of benzene rings is 3. The van der Waals surface area contributed by atoms with Gasteiger partial charge in [0.2, 0.25) is 0 Å². The van der Waals surface area contributed by atoms with Gasteiger partial charge < -0.3 is 19.1 Å². The maximum absolute atomic E-state index is 14.0. The number of carbonyl (C=O) groups is 1. The van der Waals surface area contributed by atoms with Crippen molar-refractivity contribution in [3.63, 3.8) is 0 Å². The van der Waals surface area contributed by atoms with E-state index in [0.717, 1.165) is 23.3 Å². The molecule has 0 spiro atoms. The Labute approximate surface area is 239 Å². The molecule has 0 radical (unpaired) electrons. The summed E-state index contributed by atoms with van der Waals surface area (Å²) in [7, 11) is 0. The maximum atomic E-state index is 14.0. The van der Waals surface area contributed by atoms with E-state index in [1.165, 1.54) is 18.2 Å². The summed E-state index contributed by atoms with van der Waals surface area (Å²) in [4.78, 5) is 18.5. The minimum absolute atomic E-state index is 0.0281. The third-order valence-corrected chi connectivity index (χ3v) is 8.03. The summed E-state index contributed by atoms with van der Waals surface area (Å²) in [5.74, 6) is -0.489. The van der Waals surface area contributed by atoms with E-state index in [1.807, 2.05) is 4.57 Å². The van der Waals surface area contributed by atoms with Crippen LogP contribution in [-0.4, -0.2) is 44.8 Å². The van der Waals surface area contributed by atoms with E-state index in [-0.39, 0.29) is 24.0 Å². The first-order chi connectivity index (χ1) is 19.7. The summed E-state index contributed by atoms with van der Waals surface area (Å²) < 4.78 is 55.3. The van der Waals surface area contributed by atoms with Gasteiger partial charge in [-0.25, -0.2) is 9.78 Å². The number of ether oxygens (including phenoxy) is 2. The molecule has 0 amide bonds. The zero-order chi connectivity index (χ0) is 28.7. The van der Waals surface area contributed by atoms with Gasteiger partial charge in [-0.05, 0) is 60.4 Å². The third-order valence-electron chi connectivity index (χ3n) is 7.66. The zero-order valence-corrected chi connectivity index (χ0v) is 22.7. The van der Waals surface area contributed by atoms with Crippen LogP contribution in [0.25, 0.3) is 11.0 Å². The molecular formula is C30H27ClF3N3O4. The standard InChI is InChI=1S/C30H27ClF3N3O4/c31-24-4-2-1-3-20(24)17-41-27-13-21-14-36(9-7-18(21)11-23(27)30(32,33)34)16-28-35-25-6-5-19(29(38)39)12-26(25)37(28)15-22-8-10-40-22/h1-6,11-13,22H,7-10,14-17H2,(H,38,39)/t22-/m0/s1. The molecule has 1 aromatic heterocycles. The summed E-state index contributed by atoms with van der Waals surface area (Å²) in [6.45, 7) is 2.56. The predicted molar refractivity (Wildman–Crippen MR) is 146 cm³/mol. The summed E-state index contributed by atoms with van der Waals surface area (Å²) in [6, 6.07) is 14.4. The predicted octanol–water partition coefficient (Wildman–Crippen LogP) is 6.33. The van der Waals surface area contributed by atoms with Crippen molar-refractivity contribution < 1.29 is 32.5 Å². The summed E-state index contributed by atoms with van der Waals surface area (Å²) in [5.41, 5.74) is 2.79. The van der Waals surface area contributed by atoms with Gasteiger partial charge in [0.1, 0.15) is 18.2 Å². The number of aromatic nitrogens is 2. The van der Waals surface area contributed by atoms with Crippen molar-refractivity contribution >= 4 is 28.6 Å². The lowest BCUT2D eigenvalue weighted by atomic mass is 9.96. The van der Waals surface area contributed by atoms with Crippen molar-refractivity contribution in [1.82, 2.24) is 14.5 Å². The van der Waals surface area contributed by atoms with Gasteiger partial charge in [0.05, 0.1) is 41.4 Å². The van der Waals surface area contributed by atoms with Gasteiger partial charge in [-0.15, -0.1) is 0 Å². The first-order valence-electron chi connectivity index (χ1n) is 13.3. The van der Waals surface area contributed by atoms with Crippen LogP contribution in [-0.2, 0) is 43.6 Å². The number of halogens is 4. The molecule has 0 aliphatic carbocycles. The monoisotopic (exact) mass is 585 g/mol. The molecule has 1 saturated heterocycles. The van der Waals surface area contributed by atoms with Crippen molar-refractivity contribution in [3.8, 4) is 5.75 Å². The molecule has 1 fully saturated rings. The van der Waals surface area contributed by atoms with Gasteiger partial charge in [-0.3, -0.25) is 4.90 Å². The molecule has 6 rings (SSSR count). The molecule has 0 saturated carbocycles. The summed E-state index contributed by atoms with van der Waals surface area (Å²) >= 11 is 6.19. The smallest absolute Gasteiger partial charge is 0.419 e. The summed E-state index contributed by atoms with van der Waals surface area (Å²) in [6.07, 6.45) is -3.18. The van der Waals surface area contributed by atoms with E-state index in [9.17, 15) is 23.1 Å². The lowest BCUT2D eigenvalue weighted by Gasteiger charge is -2.31. The first kappa shape index (κ1) is 27.6. The number of aromatic carboxylic acids is 1. The Morgan fingerprint density at radius 3 is 2.66 bits per heavy atom. The number of hydrogen-bond acceptors (Lipinski definition) is 5. The Hall–Kier alpha value is -3.60. The number of rotatable bonds is 8. The topological polar surface area (TPSA) is 76.8 Å². The highest BCUT2D eigenvalue weighted by atomic mass is 35.5. The molecule has 41 heavy (non-hydrogen) atoms. The Kier molecular flexibility index (Phi) is 7.39. The Morgan fingerprint density at radius 1 is 1.15 bits per heavy atom. The Balaban J connectivity index is 1.27. The minimum Gasteiger partial charge on any atom is -0.488 e. The van der Waals surface area contributed by atoms with Crippen LogP contribution < -0.4 is 4.74 Å². The number of nitrogens with zero attached hydrogens (tertiary/aromatic N) is 3. The fourth-order valence-electron chi connectivity index (χ4n) is 5.35. The Bertz CT molecular complexity index is 1620. The number of fused-ring (bicyclic) bond motifs is 2. The number of hydrogen-bond donors (Lipinski definition) is 1. The maximum Gasteiger partial charge on any atom is 0.419 e. The van der Waals surface area contributed by atoms with Gasteiger partial charge in [0, 0.05) is 30.3 Å². The van der Waals surface area contributed by atoms with Gasteiger partial charge in [0.25, 0.3) is 0 Å². The second-order valence-corrected chi connectivity index (χ2v) is 10.8. The highest BCUT2D eigenvalue weighted by Crippen LogP contribution is 2.40. The van der Waals surface area contributed by atoms with Gasteiger partial charge in [-0.2, -0.15) is 13.2 Å². The van der Waals surface area contributed by atoms with E-state index in [4.69, 9.17) is 26.1 Å². The molecular weight excluding hydrogens is 559 g/mol. The molecule has 0 unspecified atom stereocenters. The van der Waals surface area contributed by atoms with Crippen LogP contribution in [0.2, 0.25) is 5.02 Å². The van der Waals surface area contributed by atoms with E-state index >= 15 is 0 Å². The highest BCUT2D eigenvalue weighted by Gasteiger charge is 2.36. The van der Waals surface area contributed by atoms with Crippen LogP contribution in [0.1, 0.15) is 44.9 Å². The molecule has 4 aromatic rings. The number of carboxylic acids is 1. The molecule has 11 heteroatoms. The van der Waals surface area contributed by atoms with E-state index in [1.54, 1.807) is 36.4 Å². The van der Waals surface area contributed by atoms with Crippen molar-refractivity contribution in [2.75, 3.05) is 13.2 Å². The third kappa shape index (κ3) is 5.77. The SMILES string of the molecule is O=C(O)c1ccc2nc(CN3CCc4cc(C(F)(F)F)c(OCc5ccccc5Cl)cc4C3)n(C[C@@H]3CCO3)c2c1. The fourth-order valence-corrected chi connectivity index (χ4v) is 5.54. The Morgan fingerprint density at radius 2 is 1.95 bits per heavy atom. The lowest BCUT2D eigenvalue weighted by molar-refractivity contribution is -0.139. The summed E-state index contributed by atoms with van der Waals surface area (Å²) in [5, 5.41) is 9.92. The molecule has 1 atom stereocenters. The number of alkyl halides is 3. The molecule has 0 bridgehead atoms. The van der Waals surface area contributed by atoms with Crippen molar-refractivity contribution in [2.45, 2.75) is 51.4 Å². The van der Waals surface area contributed by atoms with Crippen molar-refractivity contribution in [3.05, 3.63) is 93.3 Å². The quantitative estimate of drug-likeness (QED) is 0.260. The van der Waals surface area contributed by atoms with Crippen molar-refractivity contribution in [1.29, 1.82) is 0 Å². The fraction of sp³-hybridized carbons (Fsp3) is 0.333. The van der Waals surface area contributed by atoms with Crippen LogP contribution in [0.15, 0.2) is 54.6 Å². The highest BCUT2D eigenvalue weighted by molar-refractivity contribution is 6.31. The average Bonchev–Trinajstić information content (AvgIpc) is 3.24. The van der Waals surface area contributed by atoms with Crippen LogP contribution in [0, 0.1) is 0 Å². The number of imidazole rings is 1. The lowest BCUT2D eigenvalue weighted by Crippen LogP contribution is -2.34. The van der Waals surface area contributed by atoms with Crippen LogP contribution >= 0.6 is 11.6 Å². The molecule has 2 aliphatic heterocycles. The van der Waals surface area contributed by atoms with Crippen molar-refractivity contribution in [2.24, 2.45) is 0 Å². The van der Waals surface area contributed by atoms with Crippen LogP contribution in [0.3, 0.4) is 0 Å². The first-order valence-corrected chi connectivity index (χ1v) is 13.7. The largest absolute Gasteiger partial charge is 0.488 e. The average molecular weight is 586 g/mol. The zero-order valence-electron chi connectivity index (χ0n) is 22.0. The van der Waals surface area contributed by atoms with Crippen LogP contribution in [0.4, 0.5) is 13.2 Å². The normalized spacial score (nSPS) is 17.3. The van der Waals surface area contributed by atoms with Gasteiger partial charge in [0.15, 0.2) is 0 Å². The van der Waals surface area contributed by atoms with E-state index < -0.39 is 17.7 Å². The van der Waals surface area contributed by atoms with Gasteiger partial charge in [-0.1, -0.05) is 29.8 Å². The second-order valence-electron chi connectivity index (χ2n) is 10.4. The van der Waals surface area contributed by atoms with Gasteiger partial charge >= 0.3 is 12.1 Å². The molecule has 214 valence electrons. The second kappa shape index (κ2) is 11.0. The molecule has 3 aromatic carbocycles. The minimum atomic E-state index is -4.56. The molecule has 3 heterocycles. The van der Waals surface area contributed by atoms with E-state index in [0.29, 0.717) is 60.9 Å². The van der Waals surface area contributed by atoms with E-state index in [2.05, 4.69) is 4.90 Å². The van der Waals surface area contributed by atoms with Crippen LogP contribution in [0.5, 0.6) is 5.75 Å². The molecule has 7 nitrogen and oxygen atoms in total. The molecule has 1 N–H and O–H groups in total. The number of carboxylic acid groups (broad SMARTS) is 1.